The highest BCUT2D eigenvalue weighted by molar-refractivity contribution is 5.93. The molecule has 3 aromatic heterocycles. The lowest BCUT2D eigenvalue weighted by atomic mass is 9.88. The molecule has 34 heavy (non-hydrogen) atoms. The number of carbonyl (C=O) groups is 2. The van der Waals surface area contributed by atoms with Crippen LogP contribution in [-0.2, 0) is 9.59 Å². The monoisotopic (exact) mass is 456 g/mol. The van der Waals surface area contributed by atoms with Crippen LogP contribution in [0.4, 0.5) is 11.5 Å². The molecule has 0 saturated heterocycles. The number of hydrogen-bond acceptors (Lipinski definition) is 5. The van der Waals surface area contributed by atoms with Gasteiger partial charge in [0.15, 0.2) is 0 Å². The standard InChI is InChI=1S/C20H21N5O2.C6H7N/c26-12-22-18-10-16-17(11-21-18)25-19(24-16)13-6-8-15(9-7-13)23-20(27)14-4-2-1-3-5-14;1-6-2-4-7-5-3-6/h6-12,14H,1-5H2,(H,23,27)(H,24,25)(H,21,22,26);2-5H,1H3. The van der Waals surface area contributed by atoms with Crippen LogP contribution in [0.5, 0.6) is 0 Å². The number of imidazole rings is 1. The molecule has 0 bridgehead atoms. The normalized spacial score (nSPS) is 13.6. The molecule has 1 fully saturated rings. The van der Waals surface area contributed by atoms with Crippen LogP contribution in [0.25, 0.3) is 22.4 Å². The Balaban J connectivity index is 0.000000336. The van der Waals surface area contributed by atoms with Gasteiger partial charge in [0, 0.05) is 35.6 Å². The molecular weight excluding hydrogens is 428 g/mol. The summed E-state index contributed by atoms with van der Waals surface area (Å²) in [5, 5.41) is 5.53. The fourth-order valence-corrected chi connectivity index (χ4v) is 3.93. The number of aromatic amines is 1. The molecule has 5 rings (SSSR count). The first kappa shape index (κ1) is 23.1. The SMILES string of the molecule is Cc1ccncc1.O=CNc1cc2nc(-c3ccc(NC(=O)C4CCCCC4)cc3)[nH]c2cn1. The molecule has 0 spiro atoms. The average Bonchev–Trinajstić information content (AvgIpc) is 3.30. The number of amides is 2. The third-order valence-electron chi connectivity index (χ3n) is 5.82. The molecule has 8 heteroatoms. The number of rotatable bonds is 5. The van der Waals surface area contributed by atoms with E-state index in [1.54, 1.807) is 24.7 Å². The highest BCUT2D eigenvalue weighted by atomic mass is 16.2. The summed E-state index contributed by atoms with van der Waals surface area (Å²) in [5.74, 6) is 1.42. The van der Waals surface area contributed by atoms with Gasteiger partial charge in [-0.3, -0.25) is 14.6 Å². The van der Waals surface area contributed by atoms with E-state index in [0.717, 1.165) is 48.0 Å². The Bertz CT molecular complexity index is 1230. The van der Waals surface area contributed by atoms with Gasteiger partial charge in [-0.05, 0) is 61.7 Å². The Labute approximate surface area is 198 Å². The van der Waals surface area contributed by atoms with Crippen molar-refractivity contribution < 1.29 is 9.59 Å². The Morgan fingerprint density at radius 2 is 1.79 bits per heavy atom. The molecule has 1 aliphatic rings. The number of nitrogens with one attached hydrogen (secondary N) is 3. The van der Waals surface area contributed by atoms with Gasteiger partial charge in [-0.25, -0.2) is 9.97 Å². The summed E-state index contributed by atoms with van der Waals surface area (Å²) in [4.78, 5) is 38.6. The van der Waals surface area contributed by atoms with Crippen molar-refractivity contribution in [2.75, 3.05) is 10.6 Å². The molecule has 0 aliphatic heterocycles. The van der Waals surface area contributed by atoms with E-state index in [9.17, 15) is 9.59 Å². The summed E-state index contributed by atoms with van der Waals surface area (Å²) in [7, 11) is 0. The topological polar surface area (TPSA) is 113 Å². The van der Waals surface area contributed by atoms with Crippen molar-refractivity contribution in [3.05, 3.63) is 66.6 Å². The van der Waals surface area contributed by atoms with Gasteiger partial charge in [-0.15, -0.1) is 0 Å². The van der Waals surface area contributed by atoms with E-state index < -0.39 is 0 Å². The first-order valence-electron chi connectivity index (χ1n) is 11.5. The number of benzene rings is 1. The minimum atomic E-state index is 0.118. The van der Waals surface area contributed by atoms with Crippen LogP contribution in [0.2, 0.25) is 0 Å². The van der Waals surface area contributed by atoms with E-state index in [1.165, 1.54) is 12.0 Å². The number of aromatic nitrogens is 4. The molecule has 3 heterocycles. The van der Waals surface area contributed by atoms with Gasteiger partial charge in [0.2, 0.25) is 12.3 Å². The molecule has 0 atom stereocenters. The Morgan fingerprint density at radius 3 is 2.44 bits per heavy atom. The van der Waals surface area contributed by atoms with Crippen LogP contribution >= 0.6 is 0 Å². The van der Waals surface area contributed by atoms with Crippen LogP contribution < -0.4 is 10.6 Å². The number of hydrogen-bond donors (Lipinski definition) is 3. The zero-order valence-electron chi connectivity index (χ0n) is 19.1. The number of pyridine rings is 2. The Kier molecular flexibility index (Phi) is 7.60. The van der Waals surface area contributed by atoms with Gasteiger partial charge in [0.1, 0.15) is 11.6 Å². The maximum Gasteiger partial charge on any atom is 0.227 e. The molecule has 2 amide bonds. The number of carbonyl (C=O) groups excluding carboxylic acids is 2. The maximum absolute atomic E-state index is 12.4. The lowest BCUT2D eigenvalue weighted by molar-refractivity contribution is -0.120. The van der Waals surface area contributed by atoms with Gasteiger partial charge < -0.3 is 15.6 Å². The summed E-state index contributed by atoms with van der Waals surface area (Å²) >= 11 is 0. The third-order valence-corrected chi connectivity index (χ3v) is 5.82. The summed E-state index contributed by atoms with van der Waals surface area (Å²) in [6.07, 6.45) is 11.3. The predicted molar refractivity (Wildman–Crippen MR) is 133 cm³/mol. The van der Waals surface area contributed by atoms with Crippen molar-refractivity contribution in [2.24, 2.45) is 5.92 Å². The molecule has 4 aromatic rings. The van der Waals surface area contributed by atoms with E-state index >= 15 is 0 Å². The van der Waals surface area contributed by atoms with Crippen LogP contribution in [0, 0.1) is 12.8 Å². The molecule has 0 unspecified atom stereocenters. The average molecular weight is 457 g/mol. The van der Waals surface area contributed by atoms with Crippen molar-refractivity contribution in [1.82, 2.24) is 19.9 Å². The number of fused-ring (bicyclic) bond motifs is 1. The van der Waals surface area contributed by atoms with Crippen LogP contribution in [-0.4, -0.2) is 32.3 Å². The molecule has 174 valence electrons. The van der Waals surface area contributed by atoms with Gasteiger partial charge in [-0.1, -0.05) is 19.3 Å². The molecule has 1 saturated carbocycles. The van der Waals surface area contributed by atoms with Crippen LogP contribution in [0.15, 0.2) is 61.1 Å². The minimum Gasteiger partial charge on any atom is -0.337 e. The number of aryl methyl sites for hydroxylation is 1. The summed E-state index contributed by atoms with van der Waals surface area (Å²) in [6.45, 7) is 2.04. The first-order chi connectivity index (χ1) is 16.6. The van der Waals surface area contributed by atoms with Gasteiger partial charge in [-0.2, -0.15) is 0 Å². The minimum absolute atomic E-state index is 0.118. The van der Waals surface area contributed by atoms with E-state index in [1.807, 2.05) is 43.3 Å². The van der Waals surface area contributed by atoms with E-state index in [0.29, 0.717) is 18.1 Å². The highest BCUT2D eigenvalue weighted by Gasteiger charge is 2.21. The number of H-pyrrole nitrogens is 1. The second-order valence-corrected chi connectivity index (χ2v) is 8.36. The third kappa shape index (κ3) is 6.04. The largest absolute Gasteiger partial charge is 0.337 e. The second-order valence-electron chi connectivity index (χ2n) is 8.36. The van der Waals surface area contributed by atoms with Crippen molar-refractivity contribution in [3.63, 3.8) is 0 Å². The fourth-order valence-electron chi connectivity index (χ4n) is 3.93. The molecule has 1 aliphatic carbocycles. The number of nitrogens with zero attached hydrogens (tertiary/aromatic N) is 3. The molecule has 0 radical (unpaired) electrons. The molecular formula is C26H28N6O2. The van der Waals surface area contributed by atoms with Gasteiger partial charge in [0.25, 0.3) is 0 Å². The predicted octanol–water partition coefficient (Wildman–Crippen LogP) is 5.10. The van der Waals surface area contributed by atoms with E-state index in [-0.39, 0.29) is 11.8 Å². The summed E-state index contributed by atoms with van der Waals surface area (Å²) < 4.78 is 0. The fraction of sp³-hybridized carbons (Fsp3) is 0.269. The molecule has 8 nitrogen and oxygen atoms in total. The Hall–Kier alpha value is -4.07. The summed E-state index contributed by atoms with van der Waals surface area (Å²) in [6, 6.07) is 13.3. The summed E-state index contributed by atoms with van der Waals surface area (Å²) in [5.41, 5.74) is 4.47. The maximum atomic E-state index is 12.4. The lowest BCUT2D eigenvalue weighted by Gasteiger charge is -2.20. The second kappa shape index (κ2) is 11.2. The van der Waals surface area contributed by atoms with Crippen molar-refractivity contribution in [1.29, 1.82) is 0 Å². The highest BCUT2D eigenvalue weighted by Crippen LogP contribution is 2.26. The van der Waals surface area contributed by atoms with Crippen molar-refractivity contribution in [3.8, 4) is 11.4 Å². The molecule has 1 aromatic carbocycles. The lowest BCUT2D eigenvalue weighted by Crippen LogP contribution is -2.24. The van der Waals surface area contributed by atoms with Crippen molar-refractivity contribution in [2.45, 2.75) is 39.0 Å². The quantitative estimate of drug-likeness (QED) is 0.362. The van der Waals surface area contributed by atoms with Gasteiger partial charge in [0.05, 0.1) is 17.2 Å². The molecule has 3 N–H and O–H groups in total. The Morgan fingerprint density at radius 1 is 1.06 bits per heavy atom. The smallest absolute Gasteiger partial charge is 0.227 e. The van der Waals surface area contributed by atoms with Crippen LogP contribution in [0.1, 0.15) is 37.7 Å². The van der Waals surface area contributed by atoms with E-state index in [4.69, 9.17) is 0 Å². The van der Waals surface area contributed by atoms with Crippen LogP contribution in [0.3, 0.4) is 0 Å². The zero-order valence-corrected chi connectivity index (χ0v) is 19.1. The number of anilines is 2. The zero-order chi connectivity index (χ0) is 23.8. The van der Waals surface area contributed by atoms with Gasteiger partial charge >= 0.3 is 0 Å². The first-order valence-corrected chi connectivity index (χ1v) is 11.5. The van der Waals surface area contributed by atoms with E-state index in [2.05, 4.69) is 30.6 Å². The van der Waals surface area contributed by atoms with Crippen molar-refractivity contribution >= 4 is 34.9 Å².